The van der Waals surface area contributed by atoms with Crippen molar-refractivity contribution in [3.8, 4) is 67.3 Å². The molecule has 0 aliphatic carbocycles. The van der Waals surface area contributed by atoms with Crippen LogP contribution in [-0.2, 0) is 0 Å². The minimum Gasteiger partial charge on any atom is -0.228 e. The summed E-state index contributed by atoms with van der Waals surface area (Å²) in [5.74, 6) is 0.704. The number of hydrogen-bond acceptors (Lipinski definition) is 3. The zero-order valence-electron chi connectivity index (χ0n) is 28.8. The topological polar surface area (TPSA) is 25.8 Å². The standard InChI is InChI=1S/C50H32N2S/c1-4-12-33(13-5-1)35-20-22-37(23-21-35)45-32-46(52-50(51-45)38-17-8-3-9-18-38)42-29-40(34-14-6-2-7-15-34)28-41(30-42)39-24-26-44-48(31-39)53-47-27-25-36-16-10-11-19-43(36)49(44)47/h1-32H. The summed E-state index contributed by atoms with van der Waals surface area (Å²) in [6, 6.07) is 69.2. The maximum atomic E-state index is 5.23. The van der Waals surface area contributed by atoms with Gasteiger partial charge in [0.1, 0.15) is 0 Å². The molecule has 2 heterocycles. The van der Waals surface area contributed by atoms with Crippen molar-refractivity contribution in [3.63, 3.8) is 0 Å². The maximum Gasteiger partial charge on any atom is 0.160 e. The minimum absolute atomic E-state index is 0.704. The highest BCUT2D eigenvalue weighted by Crippen LogP contribution is 2.41. The Morgan fingerprint density at radius 3 is 1.55 bits per heavy atom. The summed E-state index contributed by atoms with van der Waals surface area (Å²) in [7, 11) is 0. The Labute approximate surface area is 312 Å². The molecule has 0 amide bonds. The lowest BCUT2D eigenvalue weighted by Crippen LogP contribution is -1.96. The van der Waals surface area contributed by atoms with E-state index < -0.39 is 0 Å². The normalized spacial score (nSPS) is 11.4. The van der Waals surface area contributed by atoms with Gasteiger partial charge in [-0.3, -0.25) is 0 Å². The quantitative estimate of drug-likeness (QED) is 0.173. The lowest BCUT2D eigenvalue weighted by atomic mass is 9.94. The summed E-state index contributed by atoms with van der Waals surface area (Å²) in [5.41, 5.74) is 11.9. The lowest BCUT2D eigenvalue weighted by Gasteiger charge is -2.13. The summed E-state index contributed by atoms with van der Waals surface area (Å²) in [6.07, 6.45) is 0. The molecule has 0 aliphatic heterocycles. The molecule has 0 saturated heterocycles. The first kappa shape index (κ1) is 31.1. The van der Waals surface area contributed by atoms with Crippen molar-refractivity contribution >= 4 is 42.3 Å². The zero-order chi connectivity index (χ0) is 35.1. The van der Waals surface area contributed by atoms with Gasteiger partial charge < -0.3 is 0 Å². The maximum absolute atomic E-state index is 5.23. The molecular formula is C50H32N2S. The van der Waals surface area contributed by atoms with Crippen LogP contribution < -0.4 is 0 Å². The summed E-state index contributed by atoms with van der Waals surface area (Å²) in [4.78, 5) is 10.4. The van der Waals surface area contributed by atoms with Gasteiger partial charge in [-0.2, -0.15) is 0 Å². The monoisotopic (exact) mass is 692 g/mol. The SMILES string of the molecule is c1ccc(-c2ccc(-c3cc(-c4cc(-c5ccccc5)cc(-c5ccc6c(c5)sc5ccc7ccccc7c56)c4)nc(-c4ccccc4)n3)cc2)cc1. The van der Waals surface area contributed by atoms with Crippen LogP contribution in [0.25, 0.3) is 98.2 Å². The van der Waals surface area contributed by atoms with E-state index in [1.807, 2.05) is 35.6 Å². The van der Waals surface area contributed by atoms with E-state index >= 15 is 0 Å². The van der Waals surface area contributed by atoms with Crippen LogP contribution in [0, 0.1) is 0 Å². The highest BCUT2D eigenvalue weighted by molar-refractivity contribution is 7.26. The molecule has 0 saturated carbocycles. The van der Waals surface area contributed by atoms with Gasteiger partial charge in [0, 0.05) is 36.9 Å². The summed E-state index contributed by atoms with van der Waals surface area (Å²) in [6.45, 7) is 0. The van der Waals surface area contributed by atoms with E-state index in [-0.39, 0.29) is 0 Å². The molecule has 3 heteroatoms. The van der Waals surface area contributed by atoms with Crippen LogP contribution in [0.2, 0.25) is 0 Å². The number of nitrogens with zero attached hydrogens (tertiary/aromatic N) is 2. The Morgan fingerprint density at radius 1 is 0.302 bits per heavy atom. The fourth-order valence-electron chi connectivity index (χ4n) is 7.39. The van der Waals surface area contributed by atoms with Crippen LogP contribution in [0.4, 0.5) is 0 Å². The summed E-state index contributed by atoms with van der Waals surface area (Å²) in [5, 5.41) is 5.22. The molecule has 10 aromatic rings. The van der Waals surface area contributed by atoms with Crippen molar-refractivity contribution in [3.05, 3.63) is 194 Å². The molecule has 0 N–H and O–H groups in total. The van der Waals surface area contributed by atoms with Crippen LogP contribution in [0.3, 0.4) is 0 Å². The van der Waals surface area contributed by atoms with Crippen molar-refractivity contribution in [2.24, 2.45) is 0 Å². The highest BCUT2D eigenvalue weighted by Gasteiger charge is 2.15. The highest BCUT2D eigenvalue weighted by atomic mass is 32.1. The van der Waals surface area contributed by atoms with Gasteiger partial charge in [-0.15, -0.1) is 11.3 Å². The number of rotatable bonds is 6. The van der Waals surface area contributed by atoms with Gasteiger partial charge >= 0.3 is 0 Å². The Hall–Kier alpha value is -6.68. The van der Waals surface area contributed by atoms with Crippen molar-refractivity contribution in [2.75, 3.05) is 0 Å². The molecule has 0 spiro atoms. The molecule has 2 nitrogen and oxygen atoms in total. The van der Waals surface area contributed by atoms with Gasteiger partial charge in [0.25, 0.3) is 0 Å². The Bertz CT molecular complexity index is 2910. The third-order valence-electron chi connectivity index (χ3n) is 10.1. The average Bonchev–Trinajstić information content (AvgIpc) is 3.63. The smallest absolute Gasteiger partial charge is 0.160 e. The molecular weight excluding hydrogens is 661 g/mol. The van der Waals surface area contributed by atoms with Crippen molar-refractivity contribution in [2.45, 2.75) is 0 Å². The van der Waals surface area contributed by atoms with Gasteiger partial charge in [-0.05, 0) is 80.6 Å². The second-order valence-electron chi connectivity index (χ2n) is 13.4. The number of thiophene rings is 1. The second kappa shape index (κ2) is 13.1. The van der Waals surface area contributed by atoms with Crippen LogP contribution in [0.1, 0.15) is 0 Å². The van der Waals surface area contributed by atoms with Crippen LogP contribution in [0.15, 0.2) is 194 Å². The molecule has 53 heavy (non-hydrogen) atoms. The van der Waals surface area contributed by atoms with E-state index in [1.54, 1.807) is 0 Å². The van der Waals surface area contributed by atoms with E-state index in [2.05, 4.69) is 170 Å². The fraction of sp³-hybridized carbons (Fsp3) is 0. The number of aromatic nitrogens is 2. The van der Waals surface area contributed by atoms with E-state index in [1.165, 1.54) is 53.2 Å². The van der Waals surface area contributed by atoms with E-state index in [4.69, 9.17) is 9.97 Å². The predicted molar refractivity (Wildman–Crippen MR) is 225 cm³/mol. The second-order valence-corrected chi connectivity index (χ2v) is 14.5. The van der Waals surface area contributed by atoms with Gasteiger partial charge in [-0.25, -0.2) is 9.97 Å². The summed E-state index contributed by atoms with van der Waals surface area (Å²) < 4.78 is 2.60. The lowest BCUT2D eigenvalue weighted by molar-refractivity contribution is 1.18. The molecule has 2 aromatic heterocycles. The van der Waals surface area contributed by atoms with Gasteiger partial charge in [0.15, 0.2) is 5.82 Å². The summed E-state index contributed by atoms with van der Waals surface area (Å²) >= 11 is 1.86. The van der Waals surface area contributed by atoms with E-state index in [0.717, 1.165) is 39.2 Å². The Balaban J connectivity index is 1.14. The van der Waals surface area contributed by atoms with Crippen LogP contribution in [0.5, 0.6) is 0 Å². The van der Waals surface area contributed by atoms with Crippen molar-refractivity contribution in [1.82, 2.24) is 9.97 Å². The number of fused-ring (bicyclic) bond motifs is 5. The molecule has 0 atom stereocenters. The molecule has 0 aliphatic rings. The first-order valence-electron chi connectivity index (χ1n) is 17.9. The first-order valence-corrected chi connectivity index (χ1v) is 18.7. The molecule has 0 bridgehead atoms. The molecule has 8 aromatic carbocycles. The van der Waals surface area contributed by atoms with E-state index in [9.17, 15) is 0 Å². The number of benzene rings is 8. The zero-order valence-corrected chi connectivity index (χ0v) is 29.6. The number of hydrogen-bond donors (Lipinski definition) is 0. The molecule has 0 radical (unpaired) electrons. The van der Waals surface area contributed by atoms with Crippen molar-refractivity contribution < 1.29 is 0 Å². The molecule has 0 fully saturated rings. The van der Waals surface area contributed by atoms with Gasteiger partial charge in [0.05, 0.1) is 11.4 Å². The van der Waals surface area contributed by atoms with E-state index in [0.29, 0.717) is 5.82 Å². The largest absolute Gasteiger partial charge is 0.228 e. The molecule has 248 valence electrons. The Morgan fingerprint density at radius 2 is 0.830 bits per heavy atom. The Kier molecular flexibility index (Phi) is 7.71. The third kappa shape index (κ3) is 5.87. The third-order valence-corrected chi connectivity index (χ3v) is 11.2. The fourth-order valence-corrected chi connectivity index (χ4v) is 8.55. The molecule has 0 unspecified atom stereocenters. The van der Waals surface area contributed by atoms with Crippen LogP contribution >= 0.6 is 11.3 Å². The minimum atomic E-state index is 0.704. The predicted octanol–water partition coefficient (Wildman–Crippen LogP) is 14.0. The van der Waals surface area contributed by atoms with Crippen molar-refractivity contribution in [1.29, 1.82) is 0 Å². The van der Waals surface area contributed by atoms with Gasteiger partial charge in [-0.1, -0.05) is 158 Å². The first-order chi connectivity index (χ1) is 26.2. The van der Waals surface area contributed by atoms with Crippen LogP contribution in [-0.4, -0.2) is 9.97 Å². The molecule has 10 rings (SSSR count). The van der Waals surface area contributed by atoms with Gasteiger partial charge in [0.2, 0.25) is 0 Å². The average molecular weight is 693 g/mol.